The van der Waals surface area contributed by atoms with Crippen molar-refractivity contribution in [2.75, 3.05) is 0 Å². The third-order valence-electron chi connectivity index (χ3n) is 5.77. The third-order valence-corrected chi connectivity index (χ3v) is 5.77. The van der Waals surface area contributed by atoms with Gasteiger partial charge in [-0.15, -0.1) is 0 Å². The fourth-order valence-corrected chi connectivity index (χ4v) is 4.63. The van der Waals surface area contributed by atoms with E-state index in [1.807, 2.05) is 4.90 Å². The van der Waals surface area contributed by atoms with Crippen LogP contribution < -0.4 is 0 Å². The van der Waals surface area contributed by atoms with Gasteiger partial charge in [0.25, 0.3) is 5.91 Å². The van der Waals surface area contributed by atoms with Crippen LogP contribution in [0.5, 0.6) is 0 Å². The number of pyridine rings is 1. The average Bonchev–Trinajstić information content (AvgIpc) is 3.21. The number of aromatic nitrogens is 4. The van der Waals surface area contributed by atoms with Crippen molar-refractivity contribution < 1.29 is 14.3 Å². The van der Waals surface area contributed by atoms with E-state index in [4.69, 9.17) is 0 Å². The Labute approximate surface area is 154 Å². The van der Waals surface area contributed by atoms with E-state index in [2.05, 4.69) is 15.1 Å². The Balaban J connectivity index is 1.47. The number of hydrogen-bond donors (Lipinski definition) is 1. The minimum atomic E-state index is -1.31. The van der Waals surface area contributed by atoms with Gasteiger partial charge in [0.2, 0.25) is 5.95 Å². The standard InChI is InChI=1S/C19H18FN5O2/c20-16-15(3-1-6-21-16)19(27)9-12-4-5-13(10-19)25(12)18(26)14-11-23-24-8-2-7-22-17(14)24/h1-3,6-8,11-13,27H,4-5,9-10H2/t12-,13-/m0/s1. The van der Waals surface area contributed by atoms with Crippen molar-refractivity contribution in [3.8, 4) is 0 Å². The maximum absolute atomic E-state index is 14.2. The summed E-state index contributed by atoms with van der Waals surface area (Å²) in [6.07, 6.45) is 8.44. The van der Waals surface area contributed by atoms with E-state index >= 15 is 0 Å². The molecule has 0 radical (unpaired) electrons. The maximum atomic E-state index is 14.2. The van der Waals surface area contributed by atoms with E-state index in [0.29, 0.717) is 24.1 Å². The highest BCUT2D eigenvalue weighted by atomic mass is 19.1. The van der Waals surface area contributed by atoms with Crippen LogP contribution in [-0.4, -0.2) is 47.6 Å². The second-order valence-electron chi connectivity index (χ2n) is 7.33. The zero-order chi connectivity index (χ0) is 18.6. The monoisotopic (exact) mass is 367 g/mol. The lowest BCUT2D eigenvalue weighted by atomic mass is 9.81. The van der Waals surface area contributed by atoms with Gasteiger partial charge in [0.05, 0.1) is 11.8 Å². The molecule has 138 valence electrons. The number of carbonyl (C=O) groups excluding carboxylic acids is 1. The zero-order valence-corrected chi connectivity index (χ0v) is 14.5. The van der Waals surface area contributed by atoms with Crippen molar-refractivity contribution in [1.29, 1.82) is 0 Å². The third kappa shape index (κ3) is 2.43. The molecular formula is C19H18FN5O2. The number of fused-ring (bicyclic) bond motifs is 3. The summed E-state index contributed by atoms with van der Waals surface area (Å²) in [6, 6.07) is 4.65. The highest BCUT2D eigenvalue weighted by Crippen LogP contribution is 2.46. The summed E-state index contributed by atoms with van der Waals surface area (Å²) in [5.41, 5.74) is -0.126. The topological polar surface area (TPSA) is 83.6 Å². The Morgan fingerprint density at radius 3 is 2.67 bits per heavy atom. The Morgan fingerprint density at radius 2 is 1.93 bits per heavy atom. The second-order valence-corrected chi connectivity index (χ2v) is 7.33. The summed E-state index contributed by atoms with van der Waals surface area (Å²) in [7, 11) is 0. The van der Waals surface area contributed by atoms with Gasteiger partial charge in [0.15, 0.2) is 5.65 Å². The molecule has 2 fully saturated rings. The minimum absolute atomic E-state index is 0.134. The van der Waals surface area contributed by atoms with Crippen molar-refractivity contribution in [2.24, 2.45) is 0 Å². The number of piperidine rings is 1. The van der Waals surface area contributed by atoms with Gasteiger partial charge in [-0.2, -0.15) is 9.49 Å². The molecular weight excluding hydrogens is 349 g/mol. The van der Waals surface area contributed by atoms with E-state index in [-0.39, 0.29) is 23.6 Å². The van der Waals surface area contributed by atoms with Gasteiger partial charge in [-0.25, -0.2) is 14.5 Å². The first-order valence-electron chi connectivity index (χ1n) is 9.01. The lowest BCUT2D eigenvalue weighted by Crippen LogP contribution is -2.52. The number of aliphatic hydroxyl groups is 1. The molecule has 5 rings (SSSR count). The van der Waals surface area contributed by atoms with E-state index in [1.54, 1.807) is 35.1 Å². The molecule has 0 saturated carbocycles. The highest BCUT2D eigenvalue weighted by molar-refractivity contribution is 6.00. The molecule has 1 N–H and O–H groups in total. The van der Waals surface area contributed by atoms with Crippen LogP contribution in [0.2, 0.25) is 0 Å². The van der Waals surface area contributed by atoms with Gasteiger partial charge in [-0.1, -0.05) is 6.07 Å². The summed E-state index contributed by atoms with van der Waals surface area (Å²) in [5.74, 6) is -0.782. The molecule has 5 heterocycles. The number of halogens is 1. The molecule has 2 saturated heterocycles. The first-order valence-corrected chi connectivity index (χ1v) is 9.01. The quantitative estimate of drug-likeness (QED) is 0.700. The summed E-state index contributed by atoms with van der Waals surface area (Å²) in [5, 5.41) is 15.4. The van der Waals surface area contributed by atoms with E-state index in [1.165, 1.54) is 12.4 Å². The first-order chi connectivity index (χ1) is 13.1. The lowest BCUT2D eigenvalue weighted by molar-refractivity contribution is -0.0504. The van der Waals surface area contributed by atoms with Crippen LogP contribution in [0.15, 0.2) is 43.0 Å². The average molecular weight is 367 g/mol. The van der Waals surface area contributed by atoms with Gasteiger partial charge in [-0.05, 0) is 25.0 Å². The van der Waals surface area contributed by atoms with Crippen molar-refractivity contribution in [3.63, 3.8) is 0 Å². The first kappa shape index (κ1) is 16.3. The Morgan fingerprint density at radius 1 is 1.19 bits per heavy atom. The van der Waals surface area contributed by atoms with Gasteiger partial charge in [-0.3, -0.25) is 4.79 Å². The smallest absolute Gasteiger partial charge is 0.259 e. The molecule has 27 heavy (non-hydrogen) atoms. The van der Waals surface area contributed by atoms with Crippen LogP contribution in [0, 0.1) is 5.95 Å². The molecule has 0 aliphatic carbocycles. The summed E-state index contributed by atoms with van der Waals surface area (Å²) in [6.45, 7) is 0. The van der Waals surface area contributed by atoms with Crippen LogP contribution >= 0.6 is 0 Å². The maximum Gasteiger partial charge on any atom is 0.259 e. The highest BCUT2D eigenvalue weighted by Gasteiger charge is 2.51. The second kappa shape index (κ2) is 5.82. The van der Waals surface area contributed by atoms with Crippen molar-refractivity contribution in [2.45, 2.75) is 43.4 Å². The van der Waals surface area contributed by atoms with Crippen molar-refractivity contribution >= 4 is 11.6 Å². The molecule has 0 unspecified atom stereocenters. The molecule has 7 nitrogen and oxygen atoms in total. The summed E-state index contributed by atoms with van der Waals surface area (Å²) >= 11 is 0. The van der Waals surface area contributed by atoms with Crippen molar-refractivity contribution in [3.05, 3.63) is 60.1 Å². The predicted octanol–water partition coefficient (Wildman–Crippen LogP) is 1.92. The summed E-state index contributed by atoms with van der Waals surface area (Å²) < 4.78 is 15.7. The molecule has 2 aliphatic heterocycles. The lowest BCUT2D eigenvalue weighted by Gasteiger charge is -2.43. The SMILES string of the molecule is O=C(c1cnn2cccnc12)N1[C@H]2CC[C@H]1CC(O)(c1cccnc1F)C2. The largest absolute Gasteiger partial charge is 0.385 e. The number of nitrogens with zero attached hydrogens (tertiary/aromatic N) is 5. The molecule has 3 aromatic heterocycles. The van der Waals surface area contributed by atoms with Crippen LogP contribution in [0.1, 0.15) is 41.6 Å². The minimum Gasteiger partial charge on any atom is -0.385 e. The van der Waals surface area contributed by atoms with Gasteiger partial charge in [0.1, 0.15) is 5.56 Å². The Hall–Kier alpha value is -2.87. The van der Waals surface area contributed by atoms with Gasteiger partial charge < -0.3 is 10.0 Å². The summed E-state index contributed by atoms with van der Waals surface area (Å²) in [4.78, 5) is 23.0. The number of amides is 1. The number of hydrogen-bond acceptors (Lipinski definition) is 5. The fraction of sp³-hybridized carbons (Fsp3) is 0.368. The van der Waals surface area contributed by atoms with E-state index < -0.39 is 11.5 Å². The van der Waals surface area contributed by atoms with Gasteiger partial charge >= 0.3 is 0 Å². The molecule has 1 amide bonds. The number of carbonyl (C=O) groups is 1. The molecule has 0 aromatic carbocycles. The van der Waals surface area contributed by atoms with Gasteiger partial charge in [0, 0.05) is 49.1 Å². The van der Waals surface area contributed by atoms with Crippen LogP contribution in [0.3, 0.4) is 0 Å². The van der Waals surface area contributed by atoms with Crippen LogP contribution in [0.25, 0.3) is 5.65 Å². The number of rotatable bonds is 2. The molecule has 8 heteroatoms. The Bertz CT molecular complexity index is 1020. The predicted molar refractivity (Wildman–Crippen MR) is 93.3 cm³/mol. The molecule has 2 bridgehead atoms. The molecule has 2 aliphatic rings. The van der Waals surface area contributed by atoms with Crippen molar-refractivity contribution in [1.82, 2.24) is 24.5 Å². The Kier molecular flexibility index (Phi) is 3.51. The van der Waals surface area contributed by atoms with Crippen LogP contribution in [0.4, 0.5) is 4.39 Å². The van der Waals surface area contributed by atoms with E-state index in [9.17, 15) is 14.3 Å². The normalized spacial score (nSPS) is 27.3. The van der Waals surface area contributed by atoms with E-state index in [0.717, 1.165) is 12.8 Å². The molecule has 2 atom stereocenters. The zero-order valence-electron chi connectivity index (χ0n) is 14.5. The fourth-order valence-electron chi connectivity index (χ4n) is 4.63. The molecule has 0 spiro atoms. The molecule has 3 aromatic rings. The van der Waals surface area contributed by atoms with Crippen LogP contribution in [-0.2, 0) is 5.60 Å².